The summed E-state index contributed by atoms with van der Waals surface area (Å²) in [5.74, 6) is -0.260. The van der Waals surface area contributed by atoms with Gasteiger partial charge in [-0.25, -0.2) is 9.18 Å². The van der Waals surface area contributed by atoms with Crippen LogP contribution in [-0.2, 0) is 9.53 Å². The van der Waals surface area contributed by atoms with Crippen LogP contribution in [-0.4, -0.2) is 38.3 Å². The summed E-state index contributed by atoms with van der Waals surface area (Å²) in [5, 5.41) is 0. The number of halogens is 2. The molecule has 1 N–H and O–H groups in total. The molecule has 21 heavy (non-hydrogen) atoms. The highest BCUT2D eigenvalue weighted by atomic mass is 35.5. The first-order chi connectivity index (χ1) is 9.63. The van der Waals surface area contributed by atoms with E-state index in [9.17, 15) is 9.18 Å². The molecule has 0 spiro atoms. The van der Waals surface area contributed by atoms with E-state index in [1.54, 1.807) is 0 Å². The zero-order valence-corrected chi connectivity index (χ0v) is 12.9. The molecule has 1 aliphatic rings. The lowest BCUT2D eigenvalue weighted by Crippen LogP contribution is -3.11. The monoisotopic (exact) mass is 317 g/mol. The minimum atomic E-state index is -0.388. The maximum absolute atomic E-state index is 12.7. The van der Waals surface area contributed by atoms with Crippen LogP contribution in [0.4, 0.5) is 4.39 Å². The van der Waals surface area contributed by atoms with Crippen molar-refractivity contribution >= 4 is 5.97 Å². The Morgan fingerprint density at radius 3 is 2.52 bits per heavy atom. The zero-order valence-electron chi connectivity index (χ0n) is 12.1. The molecule has 2 rings (SSSR count). The zero-order chi connectivity index (χ0) is 14.4. The number of ether oxygens (including phenoxy) is 2. The van der Waals surface area contributed by atoms with E-state index >= 15 is 0 Å². The van der Waals surface area contributed by atoms with Crippen molar-refractivity contribution in [2.24, 2.45) is 0 Å². The third-order valence-corrected chi connectivity index (χ3v) is 3.39. The van der Waals surface area contributed by atoms with Crippen LogP contribution in [0.5, 0.6) is 5.75 Å². The normalized spacial score (nSPS) is 16.1. The molecule has 0 aromatic heterocycles. The van der Waals surface area contributed by atoms with Gasteiger partial charge in [0.1, 0.15) is 24.2 Å². The third kappa shape index (κ3) is 6.31. The van der Waals surface area contributed by atoms with Crippen LogP contribution in [0.25, 0.3) is 0 Å². The summed E-state index contributed by atoms with van der Waals surface area (Å²) in [7, 11) is 0. The quantitative estimate of drug-likeness (QED) is 0.607. The maximum atomic E-state index is 12.7. The van der Waals surface area contributed by atoms with Crippen LogP contribution in [0, 0.1) is 5.82 Å². The standard InChI is InChI=1S/C15H20FNO3.ClH/c1-12(10-17-8-2-3-9-17)20-15(18)11-19-14-6-4-13(16)5-7-14;/h4-7,12H,2-3,8-11H2,1H3;1H. The first-order valence-electron chi connectivity index (χ1n) is 7.05. The fourth-order valence-electron chi connectivity index (χ4n) is 2.46. The SMILES string of the molecule is CC(C[NH+]1CCCC1)OC(=O)COc1ccc(F)cc1.[Cl-]. The summed E-state index contributed by atoms with van der Waals surface area (Å²) in [6.07, 6.45) is 2.40. The molecular weight excluding hydrogens is 297 g/mol. The lowest BCUT2D eigenvalue weighted by Gasteiger charge is -2.18. The second kappa shape index (κ2) is 8.85. The van der Waals surface area contributed by atoms with Gasteiger partial charge in [-0.2, -0.15) is 0 Å². The van der Waals surface area contributed by atoms with E-state index in [1.165, 1.54) is 42.0 Å². The molecule has 1 aliphatic heterocycles. The molecule has 118 valence electrons. The minimum Gasteiger partial charge on any atom is -1.00 e. The van der Waals surface area contributed by atoms with Crippen molar-refractivity contribution in [3.05, 3.63) is 30.1 Å². The Hall–Kier alpha value is -1.33. The highest BCUT2D eigenvalue weighted by Gasteiger charge is 2.20. The summed E-state index contributed by atoms with van der Waals surface area (Å²) < 4.78 is 23.2. The fourth-order valence-corrected chi connectivity index (χ4v) is 2.46. The Balaban J connectivity index is 0.00000220. The summed E-state index contributed by atoms with van der Waals surface area (Å²) in [6.45, 7) is 4.93. The van der Waals surface area contributed by atoms with Crippen molar-refractivity contribution < 1.29 is 36.0 Å². The minimum absolute atomic E-state index is 0. The summed E-state index contributed by atoms with van der Waals surface area (Å²) in [6, 6.07) is 5.56. The van der Waals surface area contributed by atoms with Gasteiger partial charge in [0.05, 0.1) is 13.1 Å². The molecule has 0 saturated carbocycles. The van der Waals surface area contributed by atoms with E-state index in [-0.39, 0.29) is 36.9 Å². The number of quaternary nitrogens is 1. The predicted octanol–water partition coefficient (Wildman–Crippen LogP) is -2.18. The number of esters is 1. The molecule has 6 heteroatoms. The number of benzene rings is 1. The maximum Gasteiger partial charge on any atom is 0.344 e. The van der Waals surface area contributed by atoms with Gasteiger partial charge in [0.15, 0.2) is 6.61 Å². The second-order valence-corrected chi connectivity index (χ2v) is 5.20. The van der Waals surface area contributed by atoms with E-state index in [1.807, 2.05) is 6.92 Å². The van der Waals surface area contributed by atoms with E-state index in [2.05, 4.69) is 0 Å². The van der Waals surface area contributed by atoms with Gasteiger partial charge in [-0.3, -0.25) is 0 Å². The van der Waals surface area contributed by atoms with Crippen molar-refractivity contribution in [3.63, 3.8) is 0 Å². The number of hydrogen-bond donors (Lipinski definition) is 1. The molecule has 1 heterocycles. The Labute approximate surface area is 130 Å². The van der Waals surface area contributed by atoms with E-state index in [4.69, 9.17) is 9.47 Å². The Morgan fingerprint density at radius 2 is 1.90 bits per heavy atom. The van der Waals surface area contributed by atoms with E-state index < -0.39 is 0 Å². The van der Waals surface area contributed by atoms with Gasteiger partial charge in [0, 0.05) is 12.8 Å². The summed E-state index contributed by atoms with van der Waals surface area (Å²) in [5.41, 5.74) is 0. The van der Waals surface area contributed by atoms with Crippen molar-refractivity contribution in [3.8, 4) is 5.75 Å². The molecule has 1 saturated heterocycles. The lowest BCUT2D eigenvalue weighted by molar-refractivity contribution is -0.890. The Kier molecular flexibility index (Phi) is 7.47. The van der Waals surface area contributed by atoms with Crippen molar-refractivity contribution in [1.29, 1.82) is 0 Å². The second-order valence-electron chi connectivity index (χ2n) is 5.20. The van der Waals surface area contributed by atoms with Gasteiger partial charge in [0.25, 0.3) is 0 Å². The Morgan fingerprint density at radius 1 is 1.29 bits per heavy atom. The summed E-state index contributed by atoms with van der Waals surface area (Å²) in [4.78, 5) is 13.1. The van der Waals surface area contributed by atoms with Gasteiger partial charge < -0.3 is 26.8 Å². The largest absolute Gasteiger partial charge is 1.00 e. The van der Waals surface area contributed by atoms with Gasteiger partial charge >= 0.3 is 5.97 Å². The van der Waals surface area contributed by atoms with Crippen LogP contribution in [0.15, 0.2) is 24.3 Å². The highest BCUT2D eigenvalue weighted by molar-refractivity contribution is 5.71. The molecule has 0 radical (unpaired) electrons. The molecule has 4 nitrogen and oxygen atoms in total. The number of rotatable bonds is 6. The number of hydrogen-bond acceptors (Lipinski definition) is 3. The number of carbonyl (C=O) groups is 1. The average molecular weight is 318 g/mol. The molecule has 0 amide bonds. The number of likely N-dealkylation sites (tertiary alicyclic amines) is 1. The van der Waals surface area contributed by atoms with Crippen LogP contribution in [0.3, 0.4) is 0 Å². The van der Waals surface area contributed by atoms with E-state index in [0.717, 1.165) is 19.6 Å². The predicted molar refractivity (Wildman–Crippen MR) is 72.2 cm³/mol. The molecule has 1 fully saturated rings. The number of carbonyl (C=O) groups excluding carboxylic acids is 1. The molecule has 1 aromatic rings. The smallest absolute Gasteiger partial charge is 0.344 e. The van der Waals surface area contributed by atoms with Crippen molar-refractivity contribution in [2.75, 3.05) is 26.2 Å². The number of nitrogens with one attached hydrogen (secondary N) is 1. The first kappa shape index (κ1) is 17.7. The third-order valence-electron chi connectivity index (χ3n) is 3.39. The van der Waals surface area contributed by atoms with Gasteiger partial charge in [-0.15, -0.1) is 0 Å². The first-order valence-corrected chi connectivity index (χ1v) is 7.05. The topological polar surface area (TPSA) is 40.0 Å². The molecular formula is C15H21ClFNO3. The van der Waals surface area contributed by atoms with Gasteiger partial charge in [-0.05, 0) is 31.2 Å². The molecule has 1 unspecified atom stereocenters. The molecule has 0 bridgehead atoms. The molecule has 1 aromatic carbocycles. The van der Waals surface area contributed by atoms with Crippen LogP contribution in [0.2, 0.25) is 0 Å². The highest BCUT2D eigenvalue weighted by Crippen LogP contribution is 2.10. The van der Waals surface area contributed by atoms with Crippen LogP contribution in [0.1, 0.15) is 19.8 Å². The lowest BCUT2D eigenvalue weighted by atomic mass is 10.3. The van der Waals surface area contributed by atoms with E-state index in [0.29, 0.717) is 5.75 Å². The molecule has 0 aliphatic carbocycles. The van der Waals surface area contributed by atoms with Crippen molar-refractivity contribution in [1.82, 2.24) is 0 Å². The summed E-state index contributed by atoms with van der Waals surface area (Å²) >= 11 is 0. The van der Waals surface area contributed by atoms with Gasteiger partial charge in [0.2, 0.25) is 0 Å². The average Bonchev–Trinajstić information content (AvgIpc) is 2.90. The van der Waals surface area contributed by atoms with Crippen molar-refractivity contribution in [2.45, 2.75) is 25.9 Å². The molecule has 1 atom stereocenters. The fraction of sp³-hybridized carbons (Fsp3) is 0.533. The Bertz CT molecular complexity index is 435. The van der Waals surface area contributed by atoms with Gasteiger partial charge in [-0.1, -0.05) is 0 Å². The van der Waals surface area contributed by atoms with Crippen LogP contribution >= 0.6 is 0 Å². The van der Waals surface area contributed by atoms with Crippen LogP contribution < -0.4 is 22.0 Å².